The van der Waals surface area contributed by atoms with Gasteiger partial charge in [-0.2, -0.15) is 0 Å². The Hall–Kier alpha value is -2.48. The summed E-state index contributed by atoms with van der Waals surface area (Å²) in [5.41, 5.74) is 2.74. The van der Waals surface area contributed by atoms with E-state index in [0.717, 1.165) is 5.56 Å². The fraction of sp³-hybridized carbons (Fsp3) is 0.118. The standard InChI is InChI=1S/C17H16N2O4S/c1-11-2-7-16-15(8-11)17(20)12(10-23-16)9-19-13-3-5-14(6-4-13)24(18,21)22/h2-10,17,20H,1H3,(H2,18,21,22). The number of fused-ring (bicyclic) bond motifs is 1. The van der Waals surface area contributed by atoms with Crippen LogP contribution in [0.2, 0.25) is 0 Å². The molecule has 0 fully saturated rings. The molecule has 1 atom stereocenters. The maximum Gasteiger partial charge on any atom is 0.238 e. The zero-order valence-corrected chi connectivity index (χ0v) is 13.7. The largest absolute Gasteiger partial charge is 0.464 e. The van der Waals surface area contributed by atoms with Crippen molar-refractivity contribution in [1.82, 2.24) is 0 Å². The molecule has 0 spiro atoms. The number of benzene rings is 2. The normalized spacial score (nSPS) is 17.3. The van der Waals surface area contributed by atoms with Gasteiger partial charge in [0, 0.05) is 17.4 Å². The van der Waals surface area contributed by atoms with Crippen molar-refractivity contribution >= 4 is 21.9 Å². The Kier molecular flexibility index (Phi) is 4.23. The van der Waals surface area contributed by atoms with Crippen LogP contribution in [0.25, 0.3) is 0 Å². The number of ether oxygens (including phenoxy) is 1. The van der Waals surface area contributed by atoms with Gasteiger partial charge >= 0.3 is 0 Å². The third kappa shape index (κ3) is 3.38. The number of hydrogen-bond donors (Lipinski definition) is 2. The average molecular weight is 344 g/mol. The first kappa shape index (κ1) is 16.4. The second kappa shape index (κ2) is 6.20. The first-order chi connectivity index (χ1) is 11.3. The van der Waals surface area contributed by atoms with Crippen molar-refractivity contribution in [2.24, 2.45) is 10.1 Å². The van der Waals surface area contributed by atoms with Crippen molar-refractivity contribution in [3.05, 3.63) is 65.4 Å². The minimum atomic E-state index is -3.72. The SMILES string of the molecule is Cc1ccc2c(c1)C(O)C(C=Nc1ccc(S(N)(=O)=O)cc1)=CO2. The van der Waals surface area contributed by atoms with Crippen molar-refractivity contribution in [2.75, 3.05) is 0 Å². The Morgan fingerprint density at radius 2 is 1.92 bits per heavy atom. The molecule has 124 valence electrons. The highest BCUT2D eigenvalue weighted by Gasteiger charge is 2.21. The molecule has 1 heterocycles. The van der Waals surface area contributed by atoms with E-state index >= 15 is 0 Å². The van der Waals surface area contributed by atoms with E-state index < -0.39 is 16.1 Å². The van der Waals surface area contributed by atoms with E-state index in [9.17, 15) is 13.5 Å². The van der Waals surface area contributed by atoms with Crippen LogP contribution in [0.1, 0.15) is 17.2 Å². The summed E-state index contributed by atoms with van der Waals surface area (Å²) >= 11 is 0. The molecule has 7 heteroatoms. The van der Waals surface area contributed by atoms with Gasteiger partial charge in [-0.05, 0) is 43.3 Å². The summed E-state index contributed by atoms with van der Waals surface area (Å²) in [6.45, 7) is 1.94. The van der Waals surface area contributed by atoms with E-state index in [1.54, 1.807) is 0 Å². The molecule has 0 saturated carbocycles. The summed E-state index contributed by atoms with van der Waals surface area (Å²) < 4.78 is 27.9. The molecule has 0 aliphatic carbocycles. The number of primary sulfonamides is 1. The molecule has 1 aliphatic rings. The molecule has 0 saturated heterocycles. The van der Waals surface area contributed by atoms with Crippen molar-refractivity contribution in [2.45, 2.75) is 17.9 Å². The summed E-state index contributed by atoms with van der Waals surface area (Å²) in [5.74, 6) is 0.614. The first-order valence-corrected chi connectivity index (χ1v) is 8.71. The van der Waals surface area contributed by atoms with E-state index in [0.29, 0.717) is 22.6 Å². The van der Waals surface area contributed by atoms with Gasteiger partial charge in [-0.3, -0.25) is 4.99 Å². The van der Waals surface area contributed by atoms with E-state index in [2.05, 4.69) is 4.99 Å². The number of aliphatic hydroxyl groups is 1. The number of nitrogens with two attached hydrogens (primary N) is 1. The molecular formula is C17H16N2O4S. The Morgan fingerprint density at radius 1 is 1.21 bits per heavy atom. The van der Waals surface area contributed by atoms with Crippen LogP contribution >= 0.6 is 0 Å². The lowest BCUT2D eigenvalue weighted by Crippen LogP contribution is -2.11. The molecule has 1 aliphatic heterocycles. The third-order valence-corrected chi connectivity index (χ3v) is 4.55. The number of rotatable bonds is 3. The molecule has 2 aromatic rings. The Balaban J connectivity index is 1.81. The predicted molar refractivity (Wildman–Crippen MR) is 90.8 cm³/mol. The van der Waals surface area contributed by atoms with Gasteiger partial charge in [0.25, 0.3) is 0 Å². The number of sulfonamides is 1. The number of nitrogens with zero attached hydrogens (tertiary/aromatic N) is 1. The monoisotopic (exact) mass is 344 g/mol. The number of hydrogen-bond acceptors (Lipinski definition) is 5. The fourth-order valence-corrected chi connectivity index (χ4v) is 2.85. The van der Waals surface area contributed by atoms with Crippen LogP contribution in [-0.2, 0) is 10.0 Å². The molecule has 0 aromatic heterocycles. The van der Waals surface area contributed by atoms with E-state index in [1.807, 2.05) is 25.1 Å². The van der Waals surface area contributed by atoms with Gasteiger partial charge in [-0.15, -0.1) is 0 Å². The van der Waals surface area contributed by atoms with Crippen LogP contribution in [0.3, 0.4) is 0 Å². The van der Waals surface area contributed by atoms with Crippen molar-refractivity contribution < 1.29 is 18.3 Å². The molecule has 24 heavy (non-hydrogen) atoms. The molecule has 2 aromatic carbocycles. The Labute approximate surface area is 140 Å². The second-order valence-corrected chi connectivity index (χ2v) is 7.04. The molecule has 0 radical (unpaired) electrons. The van der Waals surface area contributed by atoms with E-state index in [-0.39, 0.29) is 4.90 Å². The predicted octanol–water partition coefficient (Wildman–Crippen LogP) is 2.35. The van der Waals surface area contributed by atoms with Crippen molar-refractivity contribution in [1.29, 1.82) is 0 Å². The fourth-order valence-electron chi connectivity index (χ4n) is 2.34. The quantitative estimate of drug-likeness (QED) is 0.834. The summed E-state index contributed by atoms with van der Waals surface area (Å²) in [5, 5.41) is 15.5. The van der Waals surface area contributed by atoms with Crippen LogP contribution in [-0.4, -0.2) is 19.7 Å². The minimum absolute atomic E-state index is 0.0195. The Morgan fingerprint density at radius 3 is 2.58 bits per heavy atom. The highest BCUT2D eigenvalue weighted by molar-refractivity contribution is 7.89. The summed E-state index contributed by atoms with van der Waals surface area (Å²) in [6.07, 6.45) is 2.10. The summed E-state index contributed by atoms with van der Waals surface area (Å²) in [7, 11) is -3.72. The highest BCUT2D eigenvalue weighted by atomic mass is 32.2. The lowest BCUT2D eigenvalue weighted by molar-refractivity contribution is 0.206. The van der Waals surface area contributed by atoms with Crippen LogP contribution in [0.5, 0.6) is 5.75 Å². The molecule has 0 bridgehead atoms. The van der Waals surface area contributed by atoms with Gasteiger partial charge in [0.05, 0.1) is 16.8 Å². The van der Waals surface area contributed by atoms with Crippen LogP contribution in [0.4, 0.5) is 5.69 Å². The lowest BCUT2D eigenvalue weighted by atomic mass is 9.98. The molecular weight excluding hydrogens is 328 g/mol. The third-order valence-electron chi connectivity index (χ3n) is 3.63. The van der Waals surface area contributed by atoms with Crippen molar-refractivity contribution in [3.8, 4) is 5.75 Å². The summed E-state index contributed by atoms with van der Waals surface area (Å²) in [6, 6.07) is 11.4. The first-order valence-electron chi connectivity index (χ1n) is 7.17. The van der Waals surface area contributed by atoms with Crippen LogP contribution in [0, 0.1) is 6.92 Å². The molecule has 1 unspecified atom stereocenters. The minimum Gasteiger partial charge on any atom is -0.464 e. The highest BCUT2D eigenvalue weighted by Crippen LogP contribution is 2.34. The van der Waals surface area contributed by atoms with Crippen LogP contribution < -0.4 is 9.88 Å². The smallest absolute Gasteiger partial charge is 0.238 e. The number of aliphatic hydroxyl groups excluding tert-OH is 1. The lowest BCUT2D eigenvalue weighted by Gasteiger charge is -2.21. The average Bonchev–Trinajstić information content (AvgIpc) is 2.54. The van der Waals surface area contributed by atoms with Gasteiger partial charge < -0.3 is 9.84 Å². The molecule has 6 nitrogen and oxygen atoms in total. The zero-order chi connectivity index (χ0) is 17.3. The maximum absolute atomic E-state index is 11.2. The second-order valence-electron chi connectivity index (χ2n) is 5.48. The van der Waals surface area contributed by atoms with Gasteiger partial charge in [0.2, 0.25) is 10.0 Å². The van der Waals surface area contributed by atoms with Crippen LogP contribution in [0.15, 0.2) is 64.2 Å². The van der Waals surface area contributed by atoms with Gasteiger partial charge in [-0.1, -0.05) is 11.6 Å². The van der Waals surface area contributed by atoms with E-state index in [1.165, 1.54) is 36.7 Å². The molecule has 3 rings (SSSR count). The van der Waals surface area contributed by atoms with Gasteiger partial charge in [0.15, 0.2) is 0 Å². The topological polar surface area (TPSA) is 102 Å². The maximum atomic E-state index is 11.2. The van der Waals surface area contributed by atoms with E-state index in [4.69, 9.17) is 9.88 Å². The summed E-state index contributed by atoms with van der Waals surface area (Å²) in [4.78, 5) is 4.25. The number of aryl methyl sites for hydroxylation is 1. The van der Waals surface area contributed by atoms with Crippen molar-refractivity contribution in [3.63, 3.8) is 0 Å². The Bertz CT molecular complexity index is 932. The van der Waals surface area contributed by atoms with Gasteiger partial charge in [0.1, 0.15) is 11.9 Å². The number of aliphatic imine (C=N–C) groups is 1. The zero-order valence-electron chi connectivity index (χ0n) is 12.9. The molecule has 0 amide bonds. The molecule has 3 N–H and O–H groups in total. The van der Waals surface area contributed by atoms with Gasteiger partial charge in [-0.25, -0.2) is 13.6 Å².